The SMILES string of the molecule is CCNC(=NCc1ccc(OCCCN(C)C)cc1)NC1CCC(SC)C1.I. The van der Waals surface area contributed by atoms with Crippen molar-refractivity contribution >= 4 is 41.7 Å². The Morgan fingerprint density at radius 1 is 1.25 bits per heavy atom. The third kappa shape index (κ3) is 9.69. The summed E-state index contributed by atoms with van der Waals surface area (Å²) in [6, 6.07) is 8.83. The first-order valence-corrected chi connectivity index (χ1v) is 11.3. The van der Waals surface area contributed by atoms with E-state index >= 15 is 0 Å². The van der Waals surface area contributed by atoms with Crippen LogP contribution in [0.3, 0.4) is 0 Å². The monoisotopic (exact) mass is 520 g/mol. The molecule has 1 saturated carbocycles. The van der Waals surface area contributed by atoms with Crippen molar-refractivity contribution in [1.82, 2.24) is 15.5 Å². The summed E-state index contributed by atoms with van der Waals surface area (Å²) >= 11 is 1.98. The van der Waals surface area contributed by atoms with Gasteiger partial charge in [0, 0.05) is 24.4 Å². The van der Waals surface area contributed by atoms with E-state index in [1.807, 2.05) is 23.9 Å². The van der Waals surface area contributed by atoms with Gasteiger partial charge in [0.05, 0.1) is 13.2 Å². The molecule has 0 saturated heterocycles. The van der Waals surface area contributed by atoms with Crippen LogP contribution in [0.4, 0.5) is 0 Å². The number of rotatable bonds is 10. The molecule has 0 bridgehead atoms. The van der Waals surface area contributed by atoms with Gasteiger partial charge in [-0.2, -0.15) is 11.8 Å². The zero-order valence-corrected chi connectivity index (χ0v) is 20.9. The summed E-state index contributed by atoms with van der Waals surface area (Å²) in [6.07, 6.45) is 7.01. The molecule has 2 rings (SSSR count). The molecule has 7 heteroatoms. The van der Waals surface area contributed by atoms with E-state index in [1.54, 1.807) is 0 Å². The Bertz CT molecular complexity index is 568. The van der Waals surface area contributed by atoms with Gasteiger partial charge in [0.15, 0.2) is 5.96 Å². The average Bonchev–Trinajstić information content (AvgIpc) is 3.12. The third-order valence-corrected chi connectivity index (χ3v) is 5.86. The lowest BCUT2D eigenvalue weighted by Crippen LogP contribution is -2.42. The second-order valence-corrected chi connectivity index (χ2v) is 8.49. The number of hydrogen-bond acceptors (Lipinski definition) is 4. The molecule has 5 nitrogen and oxygen atoms in total. The Balaban J connectivity index is 0.00000392. The summed E-state index contributed by atoms with van der Waals surface area (Å²) in [5.74, 6) is 1.86. The number of guanidine groups is 1. The highest BCUT2D eigenvalue weighted by Gasteiger charge is 2.24. The zero-order valence-electron chi connectivity index (χ0n) is 17.7. The predicted molar refractivity (Wildman–Crippen MR) is 133 cm³/mol. The van der Waals surface area contributed by atoms with E-state index in [4.69, 9.17) is 9.73 Å². The minimum absolute atomic E-state index is 0. The van der Waals surface area contributed by atoms with Crippen molar-refractivity contribution in [3.8, 4) is 5.75 Å². The predicted octanol–water partition coefficient (Wildman–Crippen LogP) is 3.97. The van der Waals surface area contributed by atoms with Gasteiger partial charge in [0.1, 0.15) is 5.75 Å². The maximum Gasteiger partial charge on any atom is 0.191 e. The van der Waals surface area contributed by atoms with Crippen LogP contribution in [-0.2, 0) is 6.54 Å². The molecule has 0 spiro atoms. The van der Waals surface area contributed by atoms with Gasteiger partial charge < -0.3 is 20.3 Å². The molecule has 0 aromatic heterocycles. The molecular weight excluding hydrogens is 483 g/mol. The molecule has 1 aromatic rings. The summed E-state index contributed by atoms with van der Waals surface area (Å²) in [6.45, 7) is 5.46. The summed E-state index contributed by atoms with van der Waals surface area (Å²) in [5, 5.41) is 7.76. The van der Waals surface area contributed by atoms with E-state index in [0.29, 0.717) is 12.6 Å². The Labute approximate surface area is 192 Å². The summed E-state index contributed by atoms with van der Waals surface area (Å²) in [4.78, 5) is 6.94. The lowest BCUT2D eigenvalue weighted by molar-refractivity contribution is 0.281. The van der Waals surface area contributed by atoms with E-state index in [1.165, 1.54) is 24.8 Å². The number of halogens is 1. The maximum absolute atomic E-state index is 5.80. The Morgan fingerprint density at radius 2 is 2.00 bits per heavy atom. The van der Waals surface area contributed by atoms with Crippen LogP contribution in [0.1, 0.15) is 38.2 Å². The largest absolute Gasteiger partial charge is 0.494 e. The van der Waals surface area contributed by atoms with Crippen molar-refractivity contribution in [2.45, 2.75) is 50.4 Å². The summed E-state index contributed by atoms with van der Waals surface area (Å²) in [7, 11) is 4.17. The maximum atomic E-state index is 5.80. The number of nitrogens with one attached hydrogen (secondary N) is 2. The number of nitrogens with zero attached hydrogens (tertiary/aromatic N) is 2. The Kier molecular flexibility index (Phi) is 13.0. The fourth-order valence-corrected chi connectivity index (χ4v) is 4.03. The third-order valence-electron chi connectivity index (χ3n) is 4.76. The van der Waals surface area contributed by atoms with Crippen LogP contribution in [0.25, 0.3) is 0 Å². The highest BCUT2D eigenvalue weighted by atomic mass is 127. The highest BCUT2D eigenvalue weighted by Crippen LogP contribution is 2.28. The minimum atomic E-state index is 0. The van der Waals surface area contributed by atoms with Crippen LogP contribution < -0.4 is 15.4 Å². The van der Waals surface area contributed by atoms with Crippen molar-refractivity contribution in [1.29, 1.82) is 0 Å². The van der Waals surface area contributed by atoms with Crippen molar-refractivity contribution in [3.05, 3.63) is 29.8 Å². The molecule has 1 aromatic carbocycles. The van der Waals surface area contributed by atoms with Gasteiger partial charge in [0.2, 0.25) is 0 Å². The number of aliphatic imine (C=N–C) groups is 1. The van der Waals surface area contributed by atoms with E-state index in [0.717, 1.165) is 43.1 Å². The van der Waals surface area contributed by atoms with Crippen molar-refractivity contribution < 1.29 is 4.74 Å². The van der Waals surface area contributed by atoms with Crippen molar-refractivity contribution in [2.24, 2.45) is 4.99 Å². The molecule has 0 aliphatic heterocycles. The van der Waals surface area contributed by atoms with Gasteiger partial charge in [0.25, 0.3) is 0 Å². The molecule has 1 aliphatic carbocycles. The topological polar surface area (TPSA) is 48.9 Å². The highest BCUT2D eigenvalue weighted by molar-refractivity contribution is 14.0. The summed E-state index contributed by atoms with van der Waals surface area (Å²) in [5.41, 5.74) is 1.20. The first-order chi connectivity index (χ1) is 13.1. The van der Waals surface area contributed by atoms with Gasteiger partial charge in [-0.25, -0.2) is 4.99 Å². The van der Waals surface area contributed by atoms with Gasteiger partial charge >= 0.3 is 0 Å². The van der Waals surface area contributed by atoms with Crippen LogP contribution in [0.5, 0.6) is 5.75 Å². The summed E-state index contributed by atoms with van der Waals surface area (Å²) < 4.78 is 5.80. The lowest BCUT2D eigenvalue weighted by Gasteiger charge is -2.17. The van der Waals surface area contributed by atoms with Gasteiger partial charge in [-0.3, -0.25) is 0 Å². The molecule has 160 valence electrons. The number of ether oxygens (including phenoxy) is 1. The van der Waals surface area contributed by atoms with Crippen LogP contribution >= 0.6 is 35.7 Å². The van der Waals surface area contributed by atoms with E-state index in [-0.39, 0.29) is 24.0 Å². The molecule has 1 fully saturated rings. The minimum Gasteiger partial charge on any atom is -0.494 e. The van der Waals surface area contributed by atoms with Crippen LogP contribution in [-0.4, -0.2) is 62.2 Å². The molecule has 2 atom stereocenters. The fourth-order valence-electron chi connectivity index (χ4n) is 3.23. The second-order valence-electron chi connectivity index (χ2n) is 7.36. The molecule has 0 heterocycles. The molecule has 1 aliphatic rings. The first kappa shape index (κ1) is 25.4. The molecule has 2 N–H and O–H groups in total. The fraction of sp³-hybridized carbons (Fsp3) is 0.667. The molecule has 0 amide bonds. The van der Waals surface area contributed by atoms with Crippen LogP contribution in [0.15, 0.2) is 29.3 Å². The van der Waals surface area contributed by atoms with Gasteiger partial charge in [-0.15, -0.1) is 24.0 Å². The van der Waals surface area contributed by atoms with E-state index < -0.39 is 0 Å². The molecule has 2 unspecified atom stereocenters. The molecule has 0 radical (unpaired) electrons. The van der Waals surface area contributed by atoms with Crippen LogP contribution in [0.2, 0.25) is 0 Å². The zero-order chi connectivity index (χ0) is 19.5. The molecular formula is C21H37IN4OS. The molecule has 28 heavy (non-hydrogen) atoms. The number of thioether (sulfide) groups is 1. The number of benzene rings is 1. The Morgan fingerprint density at radius 3 is 2.61 bits per heavy atom. The second kappa shape index (κ2) is 14.3. The first-order valence-electron chi connectivity index (χ1n) is 10.0. The van der Waals surface area contributed by atoms with E-state index in [2.05, 4.69) is 54.9 Å². The average molecular weight is 521 g/mol. The Hall–Kier alpha value is -0.670. The van der Waals surface area contributed by atoms with Crippen molar-refractivity contribution in [2.75, 3.05) is 40.0 Å². The smallest absolute Gasteiger partial charge is 0.191 e. The normalized spacial score (nSPS) is 19.4. The standard InChI is InChI=1S/C21H36N4OS.HI/c1-5-22-21(24-18-9-12-20(15-18)27-4)23-16-17-7-10-19(11-8-17)26-14-6-13-25(2)3;/h7-8,10-11,18,20H,5-6,9,12-16H2,1-4H3,(H2,22,23,24);1H. The quantitative estimate of drug-likeness (QED) is 0.212. The lowest BCUT2D eigenvalue weighted by atomic mass is 10.2. The van der Waals surface area contributed by atoms with Crippen molar-refractivity contribution in [3.63, 3.8) is 0 Å². The van der Waals surface area contributed by atoms with Gasteiger partial charge in [-0.1, -0.05) is 12.1 Å². The van der Waals surface area contributed by atoms with Crippen LogP contribution in [0, 0.1) is 0 Å². The van der Waals surface area contributed by atoms with Gasteiger partial charge in [-0.05, 0) is 70.7 Å². The van der Waals surface area contributed by atoms with E-state index in [9.17, 15) is 0 Å². The number of hydrogen-bond donors (Lipinski definition) is 2.